The number of carbonyl (C=O) groups is 1. The van der Waals surface area contributed by atoms with Crippen molar-refractivity contribution in [1.29, 1.82) is 0 Å². The molecule has 2 heterocycles. The second-order valence-electron chi connectivity index (χ2n) is 8.09. The number of hydrogen-bond acceptors (Lipinski definition) is 5. The van der Waals surface area contributed by atoms with Gasteiger partial charge in [0.1, 0.15) is 0 Å². The first kappa shape index (κ1) is 21.1. The lowest BCUT2D eigenvalue weighted by Crippen LogP contribution is -2.41. The minimum Gasteiger partial charge on any atom is -0.475 e. The Bertz CT molecular complexity index is 1020. The average Bonchev–Trinajstić information content (AvgIpc) is 2.82. The normalized spacial score (nSPS) is 15.6. The van der Waals surface area contributed by atoms with E-state index >= 15 is 0 Å². The second kappa shape index (κ2) is 9.77. The summed E-state index contributed by atoms with van der Waals surface area (Å²) in [6, 6.07) is 17.9. The van der Waals surface area contributed by atoms with E-state index in [0.717, 1.165) is 54.8 Å². The molecule has 1 unspecified atom stereocenters. The fourth-order valence-electron chi connectivity index (χ4n) is 3.99. The summed E-state index contributed by atoms with van der Waals surface area (Å²) in [4.78, 5) is 24.6. The van der Waals surface area contributed by atoms with Crippen LogP contribution in [-0.2, 0) is 4.79 Å². The molecule has 1 saturated heterocycles. The largest absolute Gasteiger partial charge is 0.475 e. The number of amides is 1. The first-order valence-corrected chi connectivity index (χ1v) is 11.2. The lowest BCUT2D eigenvalue weighted by Gasteiger charge is -2.33. The van der Waals surface area contributed by atoms with Crippen molar-refractivity contribution in [2.75, 3.05) is 24.6 Å². The first-order chi connectivity index (χ1) is 15.2. The summed E-state index contributed by atoms with van der Waals surface area (Å²) in [7, 11) is 0. The molecule has 1 amide bonds. The fourth-order valence-corrected chi connectivity index (χ4v) is 3.99. The number of nitrogens with one attached hydrogen (secondary N) is 1. The maximum atomic E-state index is 12.8. The Labute approximate surface area is 183 Å². The van der Waals surface area contributed by atoms with E-state index in [0.29, 0.717) is 12.5 Å². The third-order valence-electron chi connectivity index (χ3n) is 5.79. The maximum absolute atomic E-state index is 12.8. The van der Waals surface area contributed by atoms with Crippen molar-refractivity contribution in [2.24, 2.45) is 5.92 Å². The summed E-state index contributed by atoms with van der Waals surface area (Å²) in [5.41, 5.74) is 2.82. The molecule has 2 aromatic carbocycles. The number of anilines is 1. The Balaban J connectivity index is 1.43. The lowest BCUT2D eigenvalue weighted by atomic mass is 9.95. The van der Waals surface area contributed by atoms with Gasteiger partial charge in [0.25, 0.3) is 5.88 Å². The van der Waals surface area contributed by atoms with Crippen LogP contribution in [0.3, 0.4) is 0 Å². The van der Waals surface area contributed by atoms with Crippen molar-refractivity contribution in [1.82, 2.24) is 15.3 Å². The number of carbonyl (C=O) groups excluding carboxylic acids is 1. The lowest BCUT2D eigenvalue weighted by molar-refractivity contribution is -0.126. The maximum Gasteiger partial charge on any atom is 0.258 e. The predicted molar refractivity (Wildman–Crippen MR) is 123 cm³/mol. The average molecular weight is 419 g/mol. The summed E-state index contributed by atoms with van der Waals surface area (Å²) in [6.45, 7) is 6.23. The molecule has 4 rings (SSSR count). The monoisotopic (exact) mass is 418 g/mol. The first-order valence-electron chi connectivity index (χ1n) is 11.2. The van der Waals surface area contributed by atoms with Gasteiger partial charge in [-0.25, -0.2) is 9.97 Å². The molecule has 0 aliphatic carbocycles. The van der Waals surface area contributed by atoms with E-state index in [2.05, 4.69) is 17.1 Å². The number of hydrogen-bond donors (Lipinski definition) is 1. The van der Waals surface area contributed by atoms with E-state index in [-0.39, 0.29) is 17.9 Å². The van der Waals surface area contributed by atoms with Crippen LogP contribution in [0.4, 0.5) is 5.82 Å². The Hall–Kier alpha value is -3.15. The Morgan fingerprint density at radius 2 is 1.71 bits per heavy atom. The number of aromatic nitrogens is 2. The number of rotatable bonds is 7. The highest BCUT2D eigenvalue weighted by atomic mass is 16.5. The van der Waals surface area contributed by atoms with Crippen LogP contribution in [0, 0.1) is 5.92 Å². The zero-order chi connectivity index (χ0) is 21.6. The molecule has 1 aliphatic heterocycles. The van der Waals surface area contributed by atoms with Crippen LogP contribution >= 0.6 is 0 Å². The number of piperidine rings is 1. The summed E-state index contributed by atoms with van der Waals surface area (Å²) >= 11 is 0. The Morgan fingerprint density at radius 1 is 1.06 bits per heavy atom. The quantitative estimate of drug-likeness (QED) is 0.611. The molecular weight excluding hydrogens is 388 g/mol. The molecule has 6 nitrogen and oxygen atoms in total. The molecule has 0 radical (unpaired) electrons. The number of para-hydroxylation sites is 2. The summed E-state index contributed by atoms with van der Waals surface area (Å²) in [5, 5.41) is 3.17. The smallest absolute Gasteiger partial charge is 0.258 e. The van der Waals surface area contributed by atoms with Gasteiger partial charge in [-0.1, -0.05) is 49.4 Å². The fraction of sp³-hybridized carbons (Fsp3) is 0.400. The van der Waals surface area contributed by atoms with Crippen molar-refractivity contribution < 1.29 is 9.53 Å². The Kier molecular flexibility index (Phi) is 6.65. The number of benzene rings is 2. The highest BCUT2D eigenvalue weighted by Gasteiger charge is 2.28. The predicted octanol–water partition coefficient (Wildman–Crippen LogP) is 4.51. The van der Waals surface area contributed by atoms with E-state index in [4.69, 9.17) is 14.7 Å². The van der Waals surface area contributed by atoms with E-state index in [9.17, 15) is 4.79 Å². The third-order valence-corrected chi connectivity index (χ3v) is 5.79. The van der Waals surface area contributed by atoms with Crippen molar-refractivity contribution in [3.05, 3.63) is 60.2 Å². The zero-order valence-corrected chi connectivity index (χ0v) is 18.3. The topological polar surface area (TPSA) is 67.4 Å². The van der Waals surface area contributed by atoms with Gasteiger partial charge in [0.15, 0.2) is 5.82 Å². The van der Waals surface area contributed by atoms with Crippen LogP contribution < -0.4 is 15.0 Å². The van der Waals surface area contributed by atoms with E-state index in [1.807, 2.05) is 61.5 Å². The number of nitrogens with zero attached hydrogens (tertiary/aromatic N) is 3. The molecule has 31 heavy (non-hydrogen) atoms. The molecule has 0 saturated carbocycles. The van der Waals surface area contributed by atoms with Gasteiger partial charge in [-0.2, -0.15) is 0 Å². The van der Waals surface area contributed by atoms with Gasteiger partial charge in [0.05, 0.1) is 23.7 Å². The molecule has 3 aromatic rings. The van der Waals surface area contributed by atoms with Gasteiger partial charge in [-0.15, -0.1) is 0 Å². The van der Waals surface area contributed by atoms with Crippen molar-refractivity contribution >= 4 is 22.8 Å². The SMILES string of the molecule is CCCOc1nc2ccccc2nc1N1CCC(C(=O)NC(C)c2ccccc2)CC1. The van der Waals surface area contributed by atoms with Crippen LogP contribution in [0.1, 0.15) is 44.7 Å². The van der Waals surface area contributed by atoms with Crippen molar-refractivity contribution in [3.8, 4) is 5.88 Å². The standard InChI is InChI=1S/C25H30N4O2/c1-3-17-31-25-23(27-21-11-7-8-12-22(21)28-25)29-15-13-20(14-16-29)24(30)26-18(2)19-9-5-4-6-10-19/h4-12,18,20H,3,13-17H2,1-2H3,(H,26,30). The van der Waals surface area contributed by atoms with Crippen molar-refractivity contribution in [2.45, 2.75) is 39.2 Å². The van der Waals surface area contributed by atoms with Crippen LogP contribution in [-0.4, -0.2) is 35.6 Å². The zero-order valence-electron chi connectivity index (χ0n) is 18.3. The van der Waals surface area contributed by atoms with Gasteiger partial charge in [-0.3, -0.25) is 4.79 Å². The number of fused-ring (bicyclic) bond motifs is 1. The highest BCUT2D eigenvalue weighted by Crippen LogP contribution is 2.31. The van der Waals surface area contributed by atoms with Gasteiger partial charge in [-0.05, 0) is 43.9 Å². The molecule has 1 aliphatic rings. The second-order valence-corrected chi connectivity index (χ2v) is 8.09. The van der Waals surface area contributed by atoms with Gasteiger partial charge >= 0.3 is 0 Å². The molecule has 1 atom stereocenters. The minimum absolute atomic E-state index is 0.00660. The molecule has 1 fully saturated rings. The Morgan fingerprint density at radius 3 is 2.39 bits per heavy atom. The summed E-state index contributed by atoms with van der Waals surface area (Å²) in [6.07, 6.45) is 2.49. The molecule has 1 aromatic heterocycles. The highest BCUT2D eigenvalue weighted by molar-refractivity contribution is 5.80. The van der Waals surface area contributed by atoms with Crippen LogP contribution in [0.15, 0.2) is 54.6 Å². The van der Waals surface area contributed by atoms with Gasteiger partial charge < -0.3 is 15.0 Å². The molecular formula is C25H30N4O2. The number of ether oxygens (including phenoxy) is 1. The van der Waals surface area contributed by atoms with Gasteiger partial charge in [0, 0.05) is 19.0 Å². The van der Waals surface area contributed by atoms with Crippen LogP contribution in [0.2, 0.25) is 0 Å². The minimum atomic E-state index is 0.00660. The van der Waals surface area contributed by atoms with Crippen LogP contribution in [0.5, 0.6) is 5.88 Å². The third kappa shape index (κ3) is 4.95. The van der Waals surface area contributed by atoms with E-state index < -0.39 is 0 Å². The van der Waals surface area contributed by atoms with Crippen molar-refractivity contribution in [3.63, 3.8) is 0 Å². The molecule has 162 valence electrons. The summed E-state index contributed by atoms with van der Waals surface area (Å²) < 4.78 is 5.93. The molecule has 0 bridgehead atoms. The molecule has 6 heteroatoms. The van der Waals surface area contributed by atoms with E-state index in [1.54, 1.807) is 0 Å². The summed E-state index contributed by atoms with van der Waals surface area (Å²) in [5.74, 6) is 1.50. The van der Waals surface area contributed by atoms with Gasteiger partial charge in [0.2, 0.25) is 5.91 Å². The molecule has 1 N–H and O–H groups in total. The van der Waals surface area contributed by atoms with Crippen LogP contribution in [0.25, 0.3) is 11.0 Å². The van der Waals surface area contributed by atoms with E-state index in [1.165, 1.54) is 0 Å². The molecule has 0 spiro atoms.